The maximum absolute atomic E-state index is 5.90. The van der Waals surface area contributed by atoms with Crippen molar-refractivity contribution in [1.29, 1.82) is 0 Å². The van der Waals surface area contributed by atoms with Crippen LogP contribution >= 0.6 is 23.5 Å². The molecule has 0 aliphatic carbocycles. The average molecular weight is 342 g/mol. The molecule has 2 aromatic rings. The van der Waals surface area contributed by atoms with Gasteiger partial charge in [-0.25, -0.2) is 9.35 Å². The summed E-state index contributed by atoms with van der Waals surface area (Å²) < 4.78 is 3.14. The molecule has 2 heterocycles. The van der Waals surface area contributed by atoms with Gasteiger partial charge in [-0.15, -0.1) is 20.4 Å². The quantitative estimate of drug-likeness (QED) is 0.395. The molecule has 4 N–H and O–H groups in total. The molecule has 0 radical (unpaired) electrons. The Morgan fingerprint density at radius 1 is 0.773 bits per heavy atom. The van der Waals surface area contributed by atoms with Crippen molar-refractivity contribution in [3.63, 3.8) is 0 Å². The van der Waals surface area contributed by atoms with E-state index in [0.29, 0.717) is 0 Å². The van der Waals surface area contributed by atoms with Crippen LogP contribution in [0.2, 0.25) is 0 Å². The third-order valence-electron chi connectivity index (χ3n) is 3.10. The Bertz CT molecular complexity index is 542. The third-order valence-corrected chi connectivity index (χ3v) is 5.16. The van der Waals surface area contributed by atoms with E-state index in [0.717, 1.165) is 59.2 Å². The van der Waals surface area contributed by atoms with Gasteiger partial charge in [0.05, 0.1) is 0 Å². The standard InChI is InChI=1S/C12H22N8S2/c1-3-9-15-17-11(19(9)13)21-7-5-6-8-22-12-18-16-10(4-2)20(12)14/h3-8,13-14H2,1-2H3. The van der Waals surface area contributed by atoms with Crippen molar-refractivity contribution in [1.82, 2.24) is 29.7 Å². The van der Waals surface area contributed by atoms with E-state index in [4.69, 9.17) is 11.7 Å². The van der Waals surface area contributed by atoms with Gasteiger partial charge in [0.2, 0.25) is 10.3 Å². The molecule has 0 saturated carbocycles. The van der Waals surface area contributed by atoms with Crippen LogP contribution in [-0.4, -0.2) is 41.3 Å². The second-order valence-corrected chi connectivity index (χ2v) is 6.77. The van der Waals surface area contributed by atoms with Gasteiger partial charge in [0.25, 0.3) is 0 Å². The largest absolute Gasteiger partial charge is 0.336 e. The van der Waals surface area contributed by atoms with E-state index in [-0.39, 0.29) is 0 Å². The number of aryl methyl sites for hydroxylation is 2. The first-order chi connectivity index (χ1) is 10.7. The lowest BCUT2D eigenvalue weighted by atomic mass is 10.4. The molecule has 8 nitrogen and oxygen atoms in total. The lowest BCUT2D eigenvalue weighted by Crippen LogP contribution is -2.13. The second kappa shape index (κ2) is 8.28. The van der Waals surface area contributed by atoms with Gasteiger partial charge in [-0.05, 0) is 12.8 Å². The van der Waals surface area contributed by atoms with E-state index >= 15 is 0 Å². The second-order valence-electron chi connectivity index (χ2n) is 4.65. The topological polar surface area (TPSA) is 113 Å². The first-order valence-electron chi connectivity index (χ1n) is 7.31. The van der Waals surface area contributed by atoms with Gasteiger partial charge in [-0.3, -0.25) is 0 Å². The fourth-order valence-electron chi connectivity index (χ4n) is 1.82. The fourth-order valence-corrected chi connectivity index (χ4v) is 3.57. The Hall–Kier alpha value is -1.42. The van der Waals surface area contributed by atoms with Crippen LogP contribution in [0.1, 0.15) is 38.3 Å². The highest BCUT2D eigenvalue weighted by molar-refractivity contribution is 7.99. The predicted molar refractivity (Wildman–Crippen MR) is 89.8 cm³/mol. The number of nitrogens with zero attached hydrogens (tertiary/aromatic N) is 6. The highest BCUT2D eigenvalue weighted by Gasteiger charge is 2.09. The van der Waals surface area contributed by atoms with Crippen molar-refractivity contribution in [3.8, 4) is 0 Å². The molecule has 2 aromatic heterocycles. The summed E-state index contributed by atoms with van der Waals surface area (Å²) >= 11 is 3.28. The normalized spacial score (nSPS) is 11.2. The zero-order chi connectivity index (χ0) is 15.9. The van der Waals surface area contributed by atoms with Crippen molar-refractivity contribution >= 4 is 23.5 Å². The SMILES string of the molecule is CCc1nnc(SCCCCSc2nnc(CC)n2N)n1N. The van der Waals surface area contributed by atoms with Gasteiger partial charge in [-0.1, -0.05) is 37.4 Å². The Kier molecular flexibility index (Phi) is 6.37. The minimum atomic E-state index is 0.777. The van der Waals surface area contributed by atoms with Crippen LogP contribution in [0, 0.1) is 0 Å². The molecule has 0 bridgehead atoms. The fraction of sp³-hybridized carbons (Fsp3) is 0.667. The minimum absolute atomic E-state index is 0.777. The zero-order valence-electron chi connectivity index (χ0n) is 12.9. The number of nitrogens with two attached hydrogens (primary N) is 2. The van der Waals surface area contributed by atoms with Crippen LogP contribution in [-0.2, 0) is 12.8 Å². The molecular formula is C12H22N8S2. The Balaban J connectivity index is 1.65. The molecule has 0 aromatic carbocycles. The number of unbranched alkanes of at least 4 members (excludes halogenated alkanes) is 1. The summed E-state index contributed by atoms with van der Waals surface area (Å²) in [5.74, 6) is 15.4. The number of nitrogen functional groups attached to an aromatic ring is 2. The molecule has 0 spiro atoms. The molecule has 2 rings (SSSR count). The monoisotopic (exact) mass is 342 g/mol. The highest BCUT2D eigenvalue weighted by Crippen LogP contribution is 2.19. The molecule has 10 heteroatoms. The molecule has 0 unspecified atom stereocenters. The smallest absolute Gasteiger partial charge is 0.209 e. The molecule has 0 amide bonds. The van der Waals surface area contributed by atoms with Gasteiger partial charge in [-0.2, -0.15) is 0 Å². The number of thioether (sulfide) groups is 2. The summed E-state index contributed by atoms with van der Waals surface area (Å²) in [7, 11) is 0. The van der Waals surface area contributed by atoms with Gasteiger partial charge >= 0.3 is 0 Å². The number of hydrogen-bond acceptors (Lipinski definition) is 8. The van der Waals surface area contributed by atoms with Gasteiger partial charge in [0.1, 0.15) is 0 Å². The van der Waals surface area contributed by atoms with Crippen molar-refractivity contribution < 1.29 is 0 Å². The van der Waals surface area contributed by atoms with Gasteiger partial charge < -0.3 is 11.7 Å². The number of hydrogen-bond donors (Lipinski definition) is 2. The van der Waals surface area contributed by atoms with E-state index in [1.807, 2.05) is 13.8 Å². The zero-order valence-corrected chi connectivity index (χ0v) is 14.5. The van der Waals surface area contributed by atoms with Crippen molar-refractivity contribution in [2.75, 3.05) is 23.2 Å². The lowest BCUT2D eigenvalue weighted by molar-refractivity contribution is 0.791. The Morgan fingerprint density at radius 3 is 1.50 bits per heavy atom. The molecule has 0 aliphatic heterocycles. The van der Waals surface area contributed by atoms with E-state index < -0.39 is 0 Å². The van der Waals surface area contributed by atoms with Crippen LogP contribution < -0.4 is 11.7 Å². The number of aromatic nitrogens is 6. The molecule has 0 saturated heterocycles. The molecule has 22 heavy (non-hydrogen) atoms. The first kappa shape index (κ1) is 16.9. The number of rotatable bonds is 9. The van der Waals surface area contributed by atoms with E-state index in [2.05, 4.69) is 20.4 Å². The summed E-state index contributed by atoms with van der Waals surface area (Å²) in [6, 6.07) is 0. The maximum atomic E-state index is 5.90. The van der Waals surface area contributed by atoms with Crippen LogP contribution in [0.25, 0.3) is 0 Å². The molecule has 0 fully saturated rings. The van der Waals surface area contributed by atoms with Crippen molar-refractivity contribution in [2.24, 2.45) is 0 Å². The van der Waals surface area contributed by atoms with Crippen LogP contribution in [0.3, 0.4) is 0 Å². The first-order valence-corrected chi connectivity index (χ1v) is 9.28. The van der Waals surface area contributed by atoms with Gasteiger partial charge in [0, 0.05) is 24.3 Å². The summed E-state index contributed by atoms with van der Waals surface area (Å²) in [6.45, 7) is 4.03. The predicted octanol–water partition coefficient (Wildman–Crippen LogP) is 1.09. The highest BCUT2D eigenvalue weighted by atomic mass is 32.2. The van der Waals surface area contributed by atoms with Crippen LogP contribution in [0.4, 0.5) is 0 Å². The average Bonchev–Trinajstić information content (AvgIpc) is 3.06. The summed E-state index contributed by atoms with van der Waals surface area (Å²) in [5, 5.41) is 17.8. The minimum Gasteiger partial charge on any atom is -0.336 e. The van der Waals surface area contributed by atoms with E-state index in [9.17, 15) is 0 Å². The maximum Gasteiger partial charge on any atom is 0.209 e. The summed E-state index contributed by atoms with van der Waals surface area (Å²) in [5.41, 5.74) is 0. The molecule has 0 aliphatic rings. The van der Waals surface area contributed by atoms with E-state index in [1.165, 1.54) is 0 Å². The molecule has 0 atom stereocenters. The Morgan fingerprint density at radius 2 is 1.18 bits per heavy atom. The summed E-state index contributed by atoms with van der Waals surface area (Å²) in [4.78, 5) is 0. The van der Waals surface area contributed by atoms with Gasteiger partial charge in [0.15, 0.2) is 11.6 Å². The van der Waals surface area contributed by atoms with Crippen LogP contribution in [0.5, 0.6) is 0 Å². The molecule has 122 valence electrons. The van der Waals surface area contributed by atoms with Crippen molar-refractivity contribution in [3.05, 3.63) is 11.6 Å². The third kappa shape index (κ3) is 4.07. The lowest BCUT2D eigenvalue weighted by Gasteiger charge is -2.03. The van der Waals surface area contributed by atoms with E-state index in [1.54, 1.807) is 32.9 Å². The van der Waals surface area contributed by atoms with Crippen LogP contribution in [0.15, 0.2) is 10.3 Å². The molecular weight excluding hydrogens is 320 g/mol. The Labute approximate surface area is 138 Å². The summed E-state index contributed by atoms with van der Waals surface area (Å²) in [6.07, 6.45) is 3.73. The van der Waals surface area contributed by atoms with Crippen molar-refractivity contribution in [2.45, 2.75) is 49.8 Å².